The minimum absolute atomic E-state index is 0. The summed E-state index contributed by atoms with van der Waals surface area (Å²) in [7, 11) is 1.53. The Morgan fingerprint density at radius 1 is 1.17 bits per heavy atom. The molecule has 0 saturated carbocycles. The van der Waals surface area contributed by atoms with Crippen LogP contribution in [0.3, 0.4) is 0 Å². The summed E-state index contributed by atoms with van der Waals surface area (Å²) in [6, 6.07) is 10.6. The zero-order valence-electron chi connectivity index (χ0n) is 16.0. The van der Waals surface area contributed by atoms with Crippen LogP contribution in [0.15, 0.2) is 42.5 Å². The standard InChI is InChI=1S/C20H23FN4O3.ClH/c1-28-14-8-9-16(22)18(11-14)23-19(26)13-5-4-10-25(12-13)20(27)24-17-7-3-2-6-15(17)21;/h2-3,6-9,11,13H,4-5,10,12,22H2,1H3,(H,23,26)(H,24,27);1H. The Morgan fingerprint density at radius 3 is 2.66 bits per heavy atom. The number of hydrogen-bond acceptors (Lipinski definition) is 4. The lowest BCUT2D eigenvalue weighted by molar-refractivity contribution is -0.121. The number of piperidine rings is 1. The molecule has 0 aliphatic carbocycles. The highest BCUT2D eigenvalue weighted by atomic mass is 35.5. The molecule has 1 unspecified atom stereocenters. The number of amides is 3. The van der Waals surface area contributed by atoms with Crippen molar-refractivity contribution >= 4 is 41.4 Å². The number of anilines is 3. The number of nitrogen functional groups attached to an aromatic ring is 1. The van der Waals surface area contributed by atoms with Crippen molar-refractivity contribution in [2.24, 2.45) is 5.92 Å². The average molecular weight is 423 g/mol. The number of ether oxygens (including phenoxy) is 1. The van der Waals surface area contributed by atoms with Gasteiger partial charge in [-0.1, -0.05) is 12.1 Å². The topological polar surface area (TPSA) is 96.7 Å². The number of carbonyl (C=O) groups excluding carboxylic acids is 2. The van der Waals surface area contributed by atoms with Crippen LogP contribution in [0.1, 0.15) is 12.8 Å². The molecule has 7 nitrogen and oxygen atoms in total. The number of methoxy groups -OCH3 is 1. The molecule has 0 aromatic heterocycles. The molecule has 2 aromatic carbocycles. The third kappa shape index (κ3) is 5.51. The van der Waals surface area contributed by atoms with E-state index in [1.807, 2.05) is 0 Å². The summed E-state index contributed by atoms with van der Waals surface area (Å²) >= 11 is 0. The van der Waals surface area contributed by atoms with Crippen LogP contribution < -0.4 is 21.1 Å². The van der Waals surface area contributed by atoms with Gasteiger partial charge in [-0.2, -0.15) is 0 Å². The first-order valence-corrected chi connectivity index (χ1v) is 9.02. The van der Waals surface area contributed by atoms with Crippen molar-refractivity contribution in [2.75, 3.05) is 36.6 Å². The number of carbonyl (C=O) groups is 2. The normalized spacial score (nSPS) is 15.8. The molecule has 29 heavy (non-hydrogen) atoms. The Balaban J connectivity index is 0.00000300. The second kappa shape index (κ2) is 9.97. The second-order valence-corrected chi connectivity index (χ2v) is 6.64. The summed E-state index contributed by atoms with van der Waals surface area (Å²) in [6.07, 6.45) is 1.33. The summed E-state index contributed by atoms with van der Waals surface area (Å²) in [4.78, 5) is 26.7. The Hall–Kier alpha value is -3.00. The van der Waals surface area contributed by atoms with Crippen molar-refractivity contribution in [3.8, 4) is 5.75 Å². The van der Waals surface area contributed by atoms with E-state index >= 15 is 0 Å². The Labute approximate surface area is 174 Å². The zero-order chi connectivity index (χ0) is 20.1. The minimum atomic E-state index is -0.504. The fourth-order valence-electron chi connectivity index (χ4n) is 3.14. The lowest BCUT2D eigenvalue weighted by Crippen LogP contribution is -2.45. The summed E-state index contributed by atoms with van der Waals surface area (Å²) in [5.74, 6) is -0.524. The van der Waals surface area contributed by atoms with Gasteiger partial charge >= 0.3 is 6.03 Å². The van der Waals surface area contributed by atoms with Gasteiger partial charge in [-0.15, -0.1) is 12.4 Å². The highest BCUT2D eigenvalue weighted by Crippen LogP contribution is 2.26. The van der Waals surface area contributed by atoms with Crippen molar-refractivity contribution in [3.63, 3.8) is 0 Å². The number of benzene rings is 2. The van der Waals surface area contributed by atoms with E-state index in [2.05, 4.69) is 10.6 Å². The van der Waals surface area contributed by atoms with E-state index in [1.165, 1.54) is 24.1 Å². The quantitative estimate of drug-likeness (QED) is 0.654. The van der Waals surface area contributed by atoms with Crippen LogP contribution in [0, 0.1) is 11.7 Å². The summed E-state index contributed by atoms with van der Waals surface area (Å²) in [5.41, 5.74) is 6.93. The monoisotopic (exact) mass is 422 g/mol. The van der Waals surface area contributed by atoms with Gasteiger partial charge in [-0.25, -0.2) is 9.18 Å². The first-order chi connectivity index (χ1) is 13.5. The molecule has 4 N–H and O–H groups in total. The molecule has 2 aromatic rings. The van der Waals surface area contributed by atoms with Crippen molar-refractivity contribution in [2.45, 2.75) is 12.8 Å². The molecule has 0 radical (unpaired) electrons. The van der Waals surface area contributed by atoms with Crippen LogP contribution in [0.25, 0.3) is 0 Å². The predicted octanol–water partition coefficient (Wildman–Crippen LogP) is 3.72. The molecule has 1 saturated heterocycles. The van der Waals surface area contributed by atoms with Crippen molar-refractivity contribution in [1.29, 1.82) is 0 Å². The number of hydrogen-bond donors (Lipinski definition) is 3. The molecule has 0 bridgehead atoms. The van der Waals surface area contributed by atoms with Crippen LogP contribution in [-0.2, 0) is 4.79 Å². The molecule has 156 valence electrons. The lowest BCUT2D eigenvalue weighted by atomic mass is 9.97. The van der Waals surface area contributed by atoms with E-state index in [0.29, 0.717) is 36.5 Å². The van der Waals surface area contributed by atoms with Gasteiger partial charge in [0.15, 0.2) is 0 Å². The molecule has 3 rings (SSSR count). The maximum absolute atomic E-state index is 13.7. The van der Waals surface area contributed by atoms with Gasteiger partial charge in [0.2, 0.25) is 5.91 Å². The van der Waals surface area contributed by atoms with E-state index in [-0.39, 0.29) is 36.5 Å². The largest absolute Gasteiger partial charge is 0.497 e. The number of nitrogens with zero attached hydrogens (tertiary/aromatic N) is 1. The van der Waals surface area contributed by atoms with Gasteiger partial charge < -0.3 is 26.0 Å². The zero-order valence-corrected chi connectivity index (χ0v) is 16.8. The van der Waals surface area contributed by atoms with Crippen molar-refractivity contribution in [1.82, 2.24) is 4.90 Å². The number of nitrogens with one attached hydrogen (secondary N) is 2. The maximum Gasteiger partial charge on any atom is 0.321 e. The SMILES string of the molecule is COc1ccc(N)c(NC(=O)C2CCCN(C(=O)Nc3ccccc3F)C2)c1.Cl. The number of likely N-dealkylation sites (tertiary alicyclic amines) is 1. The molecular formula is C20H24ClFN4O3. The van der Waals surface area contributed by atoms with E-state index in [1.54, 1.807) is 30.3 Å². The number of para-hydroxylation sites is 1. The van der Waals surface area contributed by atoms with E-state index in [4.69, 9.17) is 10.5 Å². The Kier molecular flexibility index (Phi) is 7.67. The minimum Gasteiger partial charge on any atom is -0.497 e. The fourth-order valence-corrected chi connectivity index (χ4v) is 3.14. The number of halogens is 2. The molecule has 1 atom stereocenters. The van der Waals surface area contributed by atoms with E-state index in [0.717, 1.165) is 0 Å². The van der Waals surface area contributed by atoms with Crippen LogP contribution in [0.5, 0.6) is 5.75 Å². The lowest BCUT2D eigenvalue weighted by Gasteiger charge is -2.32. The fraction of sp³-hybridized carbons (Fsp3) is 0.300. The maximum atomic E-state index is 13.7. The van der Waals surface area contributed by atoms with Crippen LogP contribution in [0.4, 0.5) is 26.2 Å². The molecule has 0 spiro atoms. The second-order valence-electron chi connectivity index (χ2n) is 6.64. The smallest absolute Gasteiger partial charge is 0.321 e. The van der Waals surface area contributed by atoms with Gasteiger partial charge in [0.05, 0.1) is 30.1 Å². The molecule has 1 aliphatic rings. The van der Waals surface area contributed by atoms with Gasteiger partial charge in [0, 0.05) is 19.2 Å². The van der Waals surface area contributed by atoms with Gasteiger partial charge in [-0.05, 0) is 37.1 Å². The first-order valence-electron chi connectivity index (χ1n) is 9.02. The third-order valence-corrected chi connectivity index (χ3v) is 4.71. The first kappa shape index (κ1) is 22.3. The number of nitrogens with two attached hydrogens (primary N) is 1. The molecule has 3 amide bonds. The average Bonchev–Trinajstić information content (AvgIpc) is 2.71. The molecule has 1 aliphatic heterocycles. The Morgan fingerprint density at radius 2 is 1.93 bits per heavy atom. The molecular weight excluding hydrogens is 399 g/mol. The molecule has 1 fully saturated rings. The summed E-state index contributed by atoms with van der Waals surface area (Å²) < 4.78 is 18.9. The van der Waals surface area contributed by atoms with Gasteiger partial charge in [0.25, 0.3) is 0 Å². The highest BCUT2D eigenvalue weighted by Gasteiger charge is 2.29. The van der Waals surface area contributed by atoms with Crippen molar-refractivity contribution < 1.29 is 18.7 Å². The van der Waals surface area contributed by atoms with Crippen LogP contribution in [-0.4, -0.2) is 37.0 Å². The summed E-state index contributed by atoms with van der Waals surface area (Å²) in [5, 5.41) is 5.37. The van der Waals surface area contributed by atoms with Crippen LogP contribution >= 0.6 is 12.4 Å². The third-order valence-electron chi connectivity index (χ3n) is 4.71. The number of urea groups is 1. The summed E-state index contributed by atoms with van der Waals surface area (Å²) in [6.45, 7) is 0.751. The predicted molar refractivity (Wildman–Crippen MR) is 113 cm³/mol. The Bertz CT molecular complexity index is 881. The van der Waals surface area contributed by atoms with E-state index < -0.39 is 11.8 Å². The van der Waals surface area contributed by atoms with Crippen LogP contribution in [0.2, 0.25) is 0 Å². The van der Waals surface area contributed by atoms with Crippen molar-refractivity contribution in [3.05, 3.63) is 48.3 Å². The number of rotatable bonds is 4. The molecule has 1 heterocycles. The molecule has 9 heteroatoms. The van der Waals surface area contributed by atoms with E-state index in [9.17, 15) is 14.0 Å². The van der Waals surface area contributed by atoms with Gasteiger partial charge in [0.1, 0.15) is 11.6 Å². The highest BCUT2D eigenvalue weighted by molar-refractivity contribution is 5.96. The van der Waals surface area contributed by atoms with Gasteiger partial charge in [-0.3, -0.25) is 4.79 Å².